The van der Waals surface area contributed by atoms with Gasteiger partial charge in [0.25, 0.3) is 5.91 Å². The summed E-state index contributed by atoms with van der Waals surface area (Å²) in [5, 5.41) is 0.527. The van der Waals surface area contributed by atoms with Crippen LogP contribution in [-0.4, -0.2) is 40.2 Å². The van der Waals surface area contributed by atoms with Crippen molar-refractivity contribution in [1.82, 2.24) is 9.47 Å². The number of rotatable bonds is 5. The number of carbonyl (C=O) groups is 2. The van der Waals surface area contributed by atoms with Gasteiger partial charge in [0, 0.05) is 24.1 Å². The second-order valence-electron chi connectivity index (χ2n) is 7.78. The molecule has 4 rings (SSSR count). The number of hydrogen-bond donors (Lipinski definition) is 0. The number of carbonyl (C=O) groups excluding carboxylic acids is 2. The highest BCUT2D eigenvalue weighted by Crippen LogP contribution is 2.34. The van der Waals surface area contributed by atoms with Crippen LogP contribution in [0.25, 0.3) is 11.8 Å². The van der Waals surface area contributed by atoms with Gasteiger partial charge in [0.2, 0.25) is 0 Å². The molecule has 1 fully saturated rings. The molecule has 0 aliphatic carbocycles. The fraction of sp³-hybridized carbons (Fsp3) is 0.192. The van der Waals surface area contributed by atoms with E-state index >= 15 is 0 Å². The molecule has 174 valence electrons. The number of amidine groups is 1. The minimum absolute atomic E-state index is 0.153. The fourth-order valence-corrected chi connectivity index (χ4v) is 4.71. The lowest BCUT2D eigenvalue weighted by atomic mass is 10.2. The zero-order chi connectivity index (χ0) is 24.4. The highest BCUT2D eigenvalue weighted by Gasteiger charge is 2.30. The number of benzene rings is 2. The number of amides is 1. The molecule has 3 aromatic rings. The third kappa shape index (κ3) is 4.68. The predicted octanol–water partition coefficient (Wildman–Crippen LogP) is 5.64. The summed E-state index contributed by atoms with van der Waals surface area (Å²) >= 11 is 1.28. The number of halogens is 1. The number of aromatic nitrogens is 1. The Kier molecular flexibility index (Phi) is 6.70. The number of aryl methyl sites for hydroxylation is 1. The second-order valence-corrected chi connectivity index (χ2v) is 8.79. The Hall–Kier alpha value is -3.65. The average Bonchev–Trinajstić information content (AvgIpc) is 3.25. The maximum absolute atomic E-state index is 13.2. The van der Waals surface area contributed by atoms with Gasteiger partial charge in [-0.05, 0) is 92.7 Å². The predicted molar refractivity (Wildman–Crippen MR) is 133 cm³/mol. The molecule has 8 heteroatoms. The van der Waals surface area contributed by atoms with Gasteiger partial charge in [0.1, 0.15) is 5.82 Å². The number of ether oxygens (including phenoxy) is 1. The van der Waals surface area contributed by atoms with E-state index in [-0.39, 0.29) is 17.7 Å². The van der Waals surface area contributed by atoms with Crippen molar-refractivity contribution < 1.29 is 18.7 Å². The zero-order valence-corrected chi connectivity index (χ0v) is 20.1. The summed E-state index contributed by atoms with van der Waals surface area (Å²) in [7, 11) is 1.67. The lowest BCUT2D eigenvalue weighted by Crippen LogP contribution is -2.23. The van der Waals surface area contributed by atoms with E-state index in [0.717, 1.165) is 22.6 Å². The van der Waals surface area contributed by atoms with E-state index in [9.17, 15) is 14.0 Å². The molecular formula is C26H24FN3O3S. The maximum Gasteiger partial charge on any atom is 0.338 e. The van der Waals surface area contributed by atoms with E-state index in [1.54, 1.807) is 38.2 Å². The quantitative estimate of drug-likeness (QED) is 0.352. The van der Waals surface area contributed by atoms with Crippen LogP contribution in [0.3, 0.4) is 0 Å². The van der Waals surface area contributed by atoms with Gasteiger partial charge in [-0.15, -0.1) is 0 Å². The van der Waals surface area contributed by atoms with Crippen LogP contribution >= 0.6 is 11.8 Å². The van der Waals surface area contributed by atoms with Crippen LogP contribution in [0.5, 0.6) is 0 Å². The second kappa shape index (κ2) is 9.69. The van der Waals surface area contributed by atoms with Crippen molar-refractivity contribution in [3.05, 3.63) is 87.8 Å². The highest BCUT2D eigenvalue weighted by atomic mass is 32.2. The number of esters is 1. The van der Waals surface area contributed by atoms with Gasteiger partial charge in [-0.25, -0.2) is 14.2 Å². The molecule has 1 aliphatic heterocycles. The summed E-state index contributed by atoms with van der Waals surface area (Å²) in [5.74, 6) is -0.853. The fourth-order valence-electron chi connectivity index (χ4n) is 3.74. The van der Waals surface area contributed by atoms with Crippen LogP contribution < -0.4 is 0 Å². The molecule has 0 saturated carbocycles. The Balaban J connectivity index is 1.65. The minimum Gasteiger partial charge on any atom is -0.462 e. The van der Waals surface area contributed by atoms with E-state index in [0.29, 0.717) is 27.9 Å². The van der Waals surface area contributed by atoms with Gasteiger partial charge in [-0.2, -0.15) is 0 Å². The standard InChI is InChI=1S/C26H24FN3O3S/c1-5-33-25(32)18-7-6-8-22(14-18)30-16(2)13-19(17(30)3)15-23-24(31)29(4)26(34-23)28-21-11-9-20(27)10-12-21/h6-15H,5H2,1-4H3/b23-15-,28-26?. The first-order valence-electron chi connectivity index (χ1n) is 10.8. The largest absolute Gasteiger partial charge is 0.462 e. The molecular weight excluding hydrogens is 453 g/mol. The summed E-state index contributed by atoms with van der Waals surface area (Å²) in [6.07, 6.45) is 1.85. The summed E-state index contributed by atoms with van der Waals surface area (Å²) in [4.78, 5) is 31.5. The molecule has 2 aromatic carbocycles. The van der Waals surface area contributed by atoms with E-state index < -0.39 is 0 Å². The van der Waals surface area contributed by atoms with Crippen molar-refractivity contribution >= 4 is 40.6 Å². The van der Waals surface area contributed by atoms with E-state index in [2.05, 4.69) is 4.99 Å². The van der Waals surface area contributed by atoms with E-state index in [1.807, 2.05) is 42.7 Å². The SMILES string of the molecule is CCOC(=O)c1cccc(-n2c(C)cc(/C=C3\SC(=Nc4ccc(F)cc4)N(C)C3=O)c2C)c1. The molecule has 0 unspecified atom stereocenters. The molecule has 1 amide bonds. The Morgan fingerprint density at radius 1 is 1.15 bits per heavy atom. The maximum atomic E-state index is 13.2. The van der Waals surface area contributed by atoms with E-state index in [1.165, 1.54) is 28.8 Å². The monoisotopic (exact) mass is 477 g/mol. The molecule has 0 spiro atoms. The molecule has 2 heterocycles. The van der Waals surface area contributed by atoms with Crippen LogP contribution in [0.1, 0.15) is 34.2 Å². The zero-order valence-electron chi connectivity index (χ0n) is 19.3. The van der Waals surface area contributed by atoms with Crippen LogP contribution in [0.2, 0.25) is 0 Å². The van der Waals surface area contributed by atoms with Gasteiger partial charge in [-0.1, -0.05) is 6.07 Å². The van der Waals surface area contributed by atoms with Gasteiger partial charge < -0.3 is 9.30 Å². The summed E-state index contributed by atoms with van der Waals surface area (Å²) < 4.78 is 20.3. The first-order valence-corrected chi connectivity index (χ1v) is 11.6. The number of aliphatic imine (C=N–C) groups is 1. The molecule has 0 bridgehead atoms. The Morgan fingerprint density at radius 3 is 2.59 bits per heavy atom. The van der Waals surface area contributed by atoms with Crippen molar-refractivity contribution in [2.24, 2.45) is 4.99 Å². The van der Waals surface area contributed by atoms with Gasteiger partial charge in [0.15, 0.2) is 5.17 Å². The molecule has 1 saturated heterocycles. The number of thioether (sulfide) groups is 1. The van der Waals surface area contributed by atoms with Crippen molar-refractivity contribution in [3.8, 4) is 5.69 Å². The van der Waals surface area contributed by atoms with Crippen LogP contribution in [0.4, 0.5) is 10.1 Å². The van der Waals surface area contributed by atoms with Gasteiger partial charge >= 0.3 is 5.97 Å². The first kappa shape index (κ1) is 23.5. The first-order chi connectivity index (χ1) is 16.3. The summed E-state index contributed by atoms with van der Waals surface area (Å²) in [5.41, 5.74) is 4.69. The molecule has 0 N–H and O–H groups in total. The smallest absolute Gasteiger partial charge is 0.338 e. The van der Waals surface area contributed by atoms with E-state index in [4.69, 9.17) is 4.74 Å². The molecule has 34 heavy (non-hydrogen) atoms. The molecule has 6 nitrogen and oxygen atoms in total. The minimum atomic E-state index is -0.363. The molecule has 1 aromatic heterocycles. The highest BCUT2D eigenvalue weighted by molar-refractivity contribution is 8.18. The third-order valence-corrected chi connectivity index (χ3v) is 6.49. The molecule has 0 radical (unpaired) electrons. The third-order valence-electron chi connectivity index (χ3n) is 5.43. The Bertz CT molecular complexity index is 1330. The van der Waals surface area contributed by atoms with Crippen molar-refractivity contribution in [1.29, 1.82) is 0 Å². The number of nitrogens with zero attached hydrogens (tertiary/aromatic N) is 3. The number of likely N-dealkylation sites (N-methyl/N-ethyl adjacent to an activating group) is 1. The van der Waals surface area contributed by atoms with Crippen LogP contribution in [-0.2, 0) is 9.53 Å². The Morgan fingerprint density at radius 2 is 1.88 bits per heavy atom. The normalized spacial score (nSPS) is 16.0. The van der Waals surface area contributed by atoms with Crippen molar-refractivity contribution in [2.75, 3.05) is 13.7 Å². The summed E-state index contributed by atoms with van der Waals surface area (Å²) in [6, 6.07) is 15.1. The van der Waals surface area contributed by atoms with Crippen molar-refractivity contribution in [2.45, 2.75) is 20.8 Å². The summed E-state index contributed by atoms with van der Waals surface area (Å²) in [6.45, 7) is 6.03. The molecule has 1 aliphatic rings. The number of hydrogen-bond acceptors (Lipinski definition) is 5. The van der Waals surface area contributed by atoms with Crippen LogP contribution in [0, 0.1) is 19.7 Å². The lowest BCUT2D eigenvalue weighted by Gasteiger charge is -2.11. The van der Waals surface area contributed by atoms with Gasteiger partial charge in [0.05, 0.1) is 22.8 Å². The average molecular weight is 478 g/mol. The topological polar surface area (TPSA) is 63.9 Å². The van der Waals surface area contributed by atoms with Crippen molar-refractivity contribution in [3.63, 3.8) is 0 Å². The Labute approximate surface area is 201 Å². The lowest BCUT2D eigenvalue weighted by molar-refractivity contribution is -0.121. The van der Waals surface area contributed by atoms with Crippen LogP contribution in [0.15, 0.2) is 64.5 Å². The molecule has 0 atom stereocenters. The van der Waals surface area contributed by atoms with Gasteiger partial charge in [-0.3, -0.25) is 9.69 Å².